The second-order valence-corrected chi connectivity index (χ2v) is 6.18. The van der Waals surface area contributed by atoms with E-state index in [1.54, 1.807) is 31.2 Å². The normalized spacial score (nSPS) is 10.7. The van der Waals surface area contributed by atoms with Gasteiger partial charge >= 0.3 is 0 Å². The van der Waals surface area contributed by atoms with Crippen molar-refractivity contribution in [3.8, 4) is 0 Å². The average molecular weight is 387 g/mol. The average Bonchev–Trinajstić information content (AvgIpc) is 2.66. The van der Waals surface area contributed by atoms with Gasteiger partial charge in [-0.1, -0.05) is 23.7 Å². The maximum absolute atomic E-state index is 12.8. The molecule has 0 atom stereocenters. The summed E-state index contributed by atoms with van der Waals surface area (Å²) in [6.07, 6.45) is 0. The fourth-order valence-electron chi connectivity index (χ4n) is 2.69. The van der Waals surface area contributed by atoms with Gasteiger partial charge in [0.25, 0.3) is 17.2 Å². The molecule has 0 unspecified atom stereocenters. The van der Waals surface area contributed by atoms with Crippen LogP contribution in [0.5, 0.6) is 0 Å². The zero-order valence-electron chi connectivity index (χ0n) is 14.3. The number of halogens is 1. The van der Waals surface area contributed by atoms with Crippen LogP contribution < -0.4 is 5.56 Å². The fraction of sp³-hybridized carbons (Fsp3) is 0.167. The predicted octanol–water partition coefficient (Wildman–Crippen LogP) is 3.15. The summed E-state index contributed by atoms with van der Waals surface area (Å²) in [6, 6.07) is 10.8. The predicted molar refractivity (Wildman–Crippen MR) is 101 cm³/mol. The van der Waals surface area contributed by atoms with E-state index in [4.69, 9.17) is 11.6 Å². The second kappa shape index (κ2) is 7.55. The summed E-state index contributed by atoms with van der Waals surface area (Å²) < 4.78 is 0. The Morgan fingerprint density at radius 1 is 1.30 bits per heavy atom. The molecule has 27 heavy (non-hydrogen) atoms. The van der Waals surface area contributed by atoms with Crippen molar-refractivity contribution in [2.45, 2.75) is 13.5 Å². The van der Waals surface area contributed by atoms with E-state index in [1.807, 2.05) is 0 Å². The molecule has 0 radical (unpaired) electrons. The van der Waals surface area contributed by atoms with Crippen LogP contribution in [0.4, 0.5) is 5.69 Å². The molecule has 0 saturated carbocycles. The van der Waals surface area contributed by atoms with Gasteiger partial charge in [-0.25, -0.2) is 4.98 Å². The molecule has 0 aliphatic heterocycles. The third-order valence-corrected chi connectivity index (χ3v) is 4.38. The van der Waals surface area contributed by atoms with E-state index in [1.165, 1.54) is 17.0 Å². The van der Waals surface area contributed by atoms with Crippen LogP contribution in [0.2, 0.25) is 5.02 Å². The number of hydrogen-bond acceptors (Lipinski definition) is 5. The first-order valence-corrected chi connectivity index (χ1v) is 8.49. The standard InChI is InChI=1S/C18H15ClN4O4/c1-2-22(18(25)11-7-8-13(19)15(9-11)23(26)27)10-16-20-14-6-4-3-5-12(14)17(24)21-16/h3-9H,2,10H2,1H3,(H,20,21,24). The molecular weight excluding hydrogens is 372 g/mol. The number of hydrogen-bond donors (Lipinski definition) is 1. The van der Waals surface area contributed by atoms with Gasteiger partial charge < -0.3 is 9.88 Å². The molecule has 0 bridgehead atoms. The fourth-order valence-corrected chi connectivity index (χ4v) is 2.87. The minimum Gasteiger partial charge on any atom is -0.331 e. The van der Waals surface area contributed by atoms with Crippen LogP contribution in [0.3, 0.4) is 0 Å². The third kappa shape index (κ3) is 3.80. The summed E-state index contributed by atoms with van der Waals surface area (Å²) in [5.74, 6) is -0.0922. The Morgan fingerprint density at radius 2 is 2.04 bits per heavy atom. The van der Waals surface area contributed by atoms with Gasteiger partial charge in [0.15, 0.2) is 0 Å². The molecule has 0 spiro atoms. The molecule has 0 aliphatic rings. The van der Waals surface area contributed by atoms with Crippen LogP contribution in [0.15, 0.2) is 47.3 Å². The van der Waals surface area contributed by atoms with Gasteiger partial charge in [-0.2, -0.15) is 0 Å². The number of nitrogens with zero attached hydrogens (tertiary/aromatic N) is 3. The molecule has 3 rings (SSSR count). The molecule has 1 amide bonds. The lowest BCUT2D eigenvalue weighted by molar-refractivity contribution is -0.384. The van der Waals surface area contributed by atoms with E-state index >= 15 is 0 Å². The van der Waals surface area contributed by atoms with Gasteiger partial charge in [0, 0.05) is 18.2 Å². The first-order valence-electron chi connectivity index (χ1n) is 8.12. The van der Waals surface area contributed by atoms with Crippen LogP contribution >= 0.6 is 11.6 Å². The molecule has 1 aromatic heterocycles. The van der Waals surface area contributed by atoms with Crippen LogP contribution in [0.1, 0.15) is 23.1 Å². The second-order valence-electron chi connectivity index (χ2n) is 5.77. The first kappa shape index (κ1) is 18.5. The number of aromatic nitrogens is 2. The van der Waals surface area contributed by atoms with E-state index in [0.717, 1.165) is 6.07 Å². The number of nitro benzene ring substituents is 1. The molecule has 8 nitrogen and oxygen atoms in total. The number of amides is 1. The van der Waals surface area contributed by atoms with Gasteiger partial charge in [0.1, 0.15) is 10.8 Å². The van der Waals surface area contributed by atoms with Crippen molar-refractivity contribution in [2.75, 3.05) is 6.54 Å². The quantitative estimate of drug-likeness (QED) is 0.535. The third-order valence-electron chi connectivity index (χ3n) is 4.06. The number of carbonyl (C=O) groups excluding carboxylic acids is 1. The lowest BCUT2D eigenvalue weighted by Gasteiger charge is -2.20. The highest BCUT2D eigenvalue weighted by molar-refractivity contribution is 6.32. The lowest BCUT2D eigenvalue weighted by Crippen LogP contribution is -2.32. The number of nitro groups is 1. The number of benzene rings is 2. The molecular formula is C18H15ClN4O4. The molecule has 138 valence electrons. The Balaban J connectivity index is 1.92. The SMILES string of the molecule is CCN(Cc1nc2ccccc2c(=O)[nH]1)C(=O)c1ccc(Cl)c([N+](=O)[O-])c1. The number of para-hydroxylation sites is 1. The summed E-state index contributed by atoms with van der Waals surface area (Å²) in [7, 11) is 0. The highest BCUT2D eigenvalue weighted by Gasteiger charge is 2.20. The molecule has 0 fully saturated rings. The number of carbonyl (C=O) groups is 1. The van der Waals surface area contributed by atoms with E-state index in [9.17, 15) is 19.7 Å². The van der Waals surface area contributed by atoms with Crippen molar-refractivity contribution < 1.29 is 9.72 Å². The van der Waals surface area contributed by atoms with Crippen molar-refractivity contribution in [3.05, 3.63) is 79.3 Å². The largest absolute Gasteiger partial charge is 0.331 e. The molecule has 3 aromatic rings. The van der Waals surface area contributed by atoms with Crippen LogP contribution in [-0.2, 0) is 6.54 Å². The van der Waals surface area contributed by atoms with Gasteiger partial charge in [0.2, 0.25) is 0 Å². The highest BCUT2D eigenvalue weighted by Crippen LogP contribution is 2.25. The number of rotatable bonds is 5. The highest BCUT2D eigenvalue weighted by atomic mass is 35.5. The Hall–Kier alpha value is -3.26. The summed E-state index contributed by atoms with van der Waals surface area (Å²) >= 11 is 5.80. The summed E-state index contributed by atoms with van der Waals surface area (Å²) in [6.45, 7) is 2.15. The Morgan fingerprint density at radius 3 is 2.74 bits per heavy atom. The van der Waals surface area contributed by atoms with Gasteiger partial charge in [0.05, 0.1) is 22.4 Å². The van der Waals surface area contributed by atoms with Crippen LogP contribution in [0.25, 0.3) is 10.9 Å². The van der Waals surface area contributed by atoms with Crippen molar-refractivity contribution in [1.29, 1.82) is 0 Å². The topological polar surface area (TPSA) is 109 Å². The van der Waals surface area contributed by atoms with E-state index in [-0.39, 0.29) is 28.4 Å². The summed E-state index contributed by atoms with van der Waals surface area (Å²) in [5, 5.41) is 11.5. The maximum atomic E-state index is 12.8. The van der Waals surface area contributed by atoms with Crippen molar-refractivity contribution >= 4 is 34.1 Å². The lowest BCUT2D eigenvalue weighted by atomic mass is 10.1. The Labute approximate surface area is 158 Å². The van der Waals surface area contributed by atoms with Crippen LogP contribution in [-0.4, -0.2) is 32.2 Å². The summed E-state index contributed by atoms with van der Waals surface area (Å²) in [5.41, 5.74) is 0.0370. The van der Waals surface area contributed by atoms with E-state index in [0.29, 0.717) is 23.3 Å². The van der Waals surface area contributed by atoms with E-state index in [2.05, 4.69) is 9.97 Å². The van der Waals surface area contributed by atoms with Gasteiger partial charge in [-0.05, 0) is 31.2 Å². The number of fused-ring (bicyclic) bond motifs is 1. The number of nitrogens with one attached hydrogen (secondary N) is 1. The maximum Gasteiger partial charge on any atom is 0.288 e. The zero-order chi connectivity index (χ0) is 19.6. The van der Waals surface area contributed by atoms with Gasteiger partial charge in [-0.3, -0.25) is 19.7 Å². The monoisotopic (exact) mass is 386 g/mol. The van der Waals surface area contributed by atoms with Crippen molar-refractivity contribution in [2.24, 2.45) is 0 Å². The van der Waals surface area contributed by atoms with Crippen molar-refractivity contribution in [1.82, 2.24) is 14.9 Å². The first-order chi connectivity index (χ1) is 12.9. The molecule has 1 N–H and O–H groups in total. The van der Waals surface area contributed by atoms with Gasteiger partial charge in [-0.15, -0.1) is 0 Å². The zero-order valence-corrected chi connectivity index (χ0v) is 15.1. The van der Waals surface area contributed by atoms with E-state index < -0.39 is 10.8 Å². The Bertz CT molecular complexity index is 1100. The van der Waals surface area contributed by atoms with Crippen molar-refractivity contribution in [3.63, 3.8) is 0 Å². The number of aromatic amines is 1. The molecule has 2 aromatic carbocycles. The minimum absolute atomic E-state index is 0.0416. The summed E-state index contributed by atoms with van der Waals surface area (Å²) in [4.78, 5) is 43.8. The number of H-pyrrole nitrogens is 1. The molecule has 0 saturated heterocycles. The minimum atomic E-state index is -0.641. The molecule has 1 heterocycles. The molecule has 9 heteroatoms. The smallest absolute Gasteiger partial charge is 0.288 e. The Kier molecular flexibility index (Phi) is 5.18. The van der Waals surface area contributed by atoms with Crippen LogP contribution in [0, 0.1) is 10.1 Å². The molecule has 0 aliphatic carbocycles.